The third kappa shape index (κ3) is 5.32. The lowest BCUT2D eigenvalue weighted by molar-refractivity contribution is -0.115. The second-order valence-electron chi connectivity index (χ2n) is 5.76. The lowest BCUT2D eigenvalue weighted by atomic mass is 10.2. The molecule has 0 fully saturated rings. The number of nitrogens with zero attached hydrogens (tertiary/aromatic N) is 4. The molecule has 1 aliphatic heterocycles. The molecule has 0 saturated carbocycles. The van der Waals surface area contributed by atoms with E-state index in [4.69, 9.17) is 9.47 Å². The Morgan fingerprint density at radius 2 is 2.10 bits per heavy atom. The van der Waals surface area contributed by atoms with Gasteiger partial charge >= 0.3 is 0 Å². The van der Waals surface area contributed by atoms with Gasteiger partial charge in [-0.2, -0.15) is 5.10 Å². The number of hydrogen-bond acceptors (Lipinski definition) is 9. The summed E-state index contributed by atoms with van der Waals surface area (Å²) in [6.07, 6.45) is 6.52. The minimum absolute atomic E-state index is 0.0147. The van der Waals surface area contributed by atoms with Crippen molar-refractivity contribution in [2.24, 2.45) is 5.10 Å². The number of hydrazone groups is 1. The SMILES string of the molecule is C=C/C=C\C(=C)NC1=C(OC)C(=C)OC(C(=O)Nc2nnc(N(N=C)C(=C)C)s2)=C1. The Hall–Kier alpha value is -3.92. The minimum Gasteiger partial charge on any atom is -0.491 e. The fraction of sp³-hybridized carbons (Fsp3) is 0.100. The van der Waals surface area contributed by atoms with Crippen molar-refractivity contribution in [1.29, 1.82) is 0 Å². The molecule has 156 valence electrons. The van der Waals surface area contributed by atoms with Crippen molar-refractivity contribution in [3.05, 3.63) is 85.0 Å². The van der Waals surface area contributed by atoms with Crippen LogP contribution < -0.4 is 15.6 Å². The second-order valence-corrected chi connectivity index (χ2v) is 6.71. The van der Waals surface area contributed by atoms with Gasteiger partial charge in [-0.25, -0.2) is 5.01 Å². The van der Waals surface area contributed by atoms with E-state index < -0.39 is 5.91 Å². The summed E-state index contributed by atoms with van der Waals surface area (Å²) >= 11 is 1.10. The molecule has 30 heavy (non-hydrogen) atoms. The molecule has 0 saturated heterocycles. The summed E-state index contributed by atoms with van der Waals surface area (Å²) < 4.78 is 10.8. The molecule has 1 amide bonds. The van der Waals surface area contributed by atoms with E-state index in [-0.39, 0.29) is 16.6 Å². The first-order valence-electron chi connectivity index (χ1n) is 8.50. The van der Waals surface area contributed by atoms with Crippen molar-refractivity contribution >= 4 is 34.2 Å². The van der Waals surface area contributed by atoms with Crippen molar-refractivity contribution in [3.8, 4) is 0 Å². The lowest BCUT2D eigenvalue weighted by Crippen LogP contribution is -2.23. The fourth-order valence-corrected chi connectivity index (χ4v) is 3.02. The van der Waals surface area contributed by atoms with Gasteiger partial charge in [-0.05, 0) is 13.0 Å². The molecular weight excluding hydrogens is 404 g/mol. The van der Waals surface area contributed by atoms with Gasteiger partial charge in [-0.3, -0.25) is 10.1 Å². The Balaban J connectivity index is 2.22. The van der Waals surface area contributed by atoms with Crippen molar-refractivity contribution in [1.82, 2.24) is 15.5 Å². The number of rotatable bonds is 10. The van der Waals surface area contributed by atoms with Gasteiger partial charge in [-0.15, -0.1) is 10.2 Å². The molecule has 1 aromatic rings. The molecule has 1 aliphatic rings. The third-order valence-electron chi connectivity index (χ3n) is 3.48. The largest absolute Gasteiger partial charge is 0.491 e. The van der Waals surface area contributed by atoms with E-state index in [0.717, 1.165) is 11.3 Å². The number of amides is 1. The highest BCUT2D eigenvalue weighted by Crippen LogP contribution is 2.29. The third-order valence-corrected chi connectivity index (χ3v) is 4.30. The zero-order valence-electron chi connectivity index (χ0n) is 16.8. The second kappa shape index (κ2) is 10.0. The first kappa shape index (κ1) is 22.4. The summed E-state index contributed by atoms with van der Waals surface area (Å²) in [5.41, 5.74) is 1.61. The van der Waals surface area contributed by atoms with Crippen LogP contribution in [0.1, 0.15) is 6.92 Å². The molecule has 9 nitrogen and oxygen atoms in total. The van der Waals surface area contributed by atoms with Gasteiger partial charge in [0.1, 0.15) is 0 Å². The maximum Gasteiger partial charge on any atom is 0.293 e. The van der Waals surface area contributed by atoms with Gasteiger partial charge in [0.2, 0.25) is 10.3 Å². The van der Waals surface area contributed by atoms with Crippen LogP contribution in [0.15, 0.2) is 90.1 Å². The van der Waals surface area contributed by atoms with Gasteiger partial charge in [-0.1, -0.05) is 49.8 Å². The summed E-state index contributed by atoms with van der Waals surface area (Å²) in [5.74, 6) is -0.0596. The molecule has 0 spiro atoms. The molecule has 0 bridgehead atoms. The highest BCUT2D eigenvalue weighted by molar-refractivity contribution is 7.19. The smallest absolute Gasteiger partial charge is 0.293 e. The number of aromatic nitrogens is 2. The Bertz CT molecular complexity index is 1000. The molecule has 2 heterocycles. The van der Waals surface area contributed by atoms with Crippen LogP contribution in [0.2, 0.25) is 0 Å². The molecule has 0 radical (unpaired) electrons. The van der Waals surface area contributed by atoms with E-state index in [1.807, 2.05) is 0 Å². The van der Waals surface area contributed by atoms with Crippen molar-refractivity contribution in [2.45, 2.75) is 6.92 Å². The first-order chi connectivity index (χ1) is 14.3. The molecule has 2 N–H and O–H groups in total. The minimum atomic E-state index is -0.547. The van der Waals surface area contributed by atoms with E-state index in [1.54, 1.807) is 25.2 Å². The van der Waals surface area contributed by atoms with E-state index >= 15 is 0 Å². The summed E-state index contributed by atoms with van der Waals surface area (Å²) in [6.45, 7) is 20.3. The number of nitrogens with one attached hydrogen (secondary N) is 2. The maximum atomic E-state index is 12.7. The number of allylic oxidation sites excluding steroid dienone is 5. The summed E-state index contributed by atoms with van der Waals surface area (Å²) in [5, 5.41) is 19.4. The Morgan fingerprint density at radius 1 is 1.37 bits per heavy atom. The van der Waals surface area contributed by atoms with Crippen LogP contribution in [-0.2, 0) is 14.3 Å². The molecule has 10 heteroatoms. The molecule has 0 aliphatic carbocycles. The van der Waals surface area contributed by atoms with Crippen LogP contribution in [0.5, 0.6) is 0 Å². The van der Waals surface area contributed by atoms with Crippen LogP contribution in [0.3, 0.4) is 0 Å². The van der Waals surface area contributed by atoms with E-state index in [0.29, 0.717) is 28.0 Å². The first-order valence-corrected chi connectivity index (χ1v) is 9.31. The van der Waals surface area contributed by atoms with E-state index in [2.05, 4.69) is 59.0 Å². The standard InChI is InChI=1S/C20H22N6O3S/c1-8-9-10-13(4)22-15-11-16(29-14(5)17(15)28-7)18(27)23-19-24-25-20(30-19)26(21-6)12(2)3/h8-11,22H,1-2,4-6H2,3,7H3,(H,23,24,27)/b10-9-. The molecule has 0 aromatic carbocycles. The zero-order valence-corrected chi connectivity index (χ0v) is 17.6. The molecule has 0 unspecified atom stereocenters. The Kier molecular flexibility index (Phi) is 7.48. The highest BCUT2D eigenvalue weighted by atomic mass is 32.1. The van der Waals surface area contributed by atoms with Gasteiger partial charge in [0.05, 0.1) is 12.8 Å². The predicted octanol–water partition coefficient (Wildman–Crippen LogP) is 3.56. The number of anilines is 2. The number of methoxy groups -OCH3 is 1. The molecule has 0 atom stereocenters. The number of ether oxygens (including phenoxy) is 2. The summed E-state index contributed by atoms with van der Waals surface area (Å²) in [4.78, 5) is 12.7. The Labute approximate surface area is 178 Å². The van der Waals surface area contributed by atoms with Gasteiger partial charge in [0.15, 0.2) is 17.3 Å². The van der Waals surface area contributed by atoms with E-state index in [9.17, 15) is 4.79 Å². The lowest BCUT2D eigenvalue weighted by Gasteiger charge is -2.22. The molecule has 1 aromatic heterocycles. The van der Waals surface area contributed by atoms with E-state index in [1.165, 1.54) is 18.2 Å². The summed E-state index contributed by atoms with van der Waals surface area (Å²) in [7, 11) is 1.47. The number of carbonyl (C=O) groups excluding carboxylic acids is 1. The fourth-order valence-electron chi connectivity index (χ4n) is 2.24. The number of carbonyl (C=O) groups is 1. The monoisotopic (exact) mass is 426 g/mol. The molecule has 2 rings (SSSR count). The zero-order chi connectivity index (χ0) is 22.3. The van der Waals surface area contributed by atoms with Crippen LogP contribution >= 0.6 is 11.3 Å². The average molecular weight is 427 g/mol. The number of hydrogen-bond donors (Lipinski definition) is 2. The van der Waals surface area contributed by atoms with Crippen LogP contribution in [-0.4, -0.2) is 29.9 Å². The van der Waals surface area contributed by atoms with Crippen molar-refractivity contribution in [3.63, 3.8) is 0 Å². The highest BCUT2D eigenvalue weighted by Gasteiger charge is 2.25. The van der Waals surface area contributed by atoms with Gasteiger partial charge in [0, 0.05) is 24.2 Å². The van der Waals surface area contributed by atoms with Crippen molar-refractivity contribution < 1.29 is 14.3 Å². The predicted molar refractivity (Wildman–Crippen MR) is 119 cm³/mol. The van der Waals surface area contributed by atoms with Gasteiger partial charge < -0.3 is 14.8 Å². The van der Waals surface area contributed by atoms with Crippen LogP contribution in [0.4, 0.5) is 10.3 Å². The topological polar surface area (TPSA) is 101 Å². The maximum absolute atomic E-state index is 12.7. The van der Waals surface area contributed by atoms with Gasteiger partial charge in [0.25, 0.3) is 5.91 Å². The normalized spacial score (nSPS) is 13.3. The quantitative estimate of drug-likeness (QED) is 0.335. The average Bonchev–Trinajstić information content (AvgIpc) is 3.14. The van der Waals surface area contributed by atoms with Crippen molar-refractivity contribution in [2.75, 3.05) is 17.4 Å². The molecular formula is C20H22N6O3S. The van der Waals surface area contributed by atoms with Crippen LogP contribution in [0.25, 0.3) is 0 Å². The summed E-state index contributed by atoms with van der Waals surface area (Å²) in [6, 6.07) is 0. The Morgan fingerprint density at radius 3 is 2.70 bits per heavy atom. The van der Waals surface area contributed by atoms with Crippen LogP contribution in [0, 0.1) is 0 Å².